The zero-order valence-corrected chi connectivity index (χ0v) is 9.73. The fourth-order valence-electron chi connectivity index (χ4n) is 1.43. The van der Waals surface area contributed by atoms with E-state index in [-0.39, 0.29) is 6.04 Å². The second-order valence-corrected chi connectivity index (χ2v) is 3.88. The Labute approximate surface area is 95.3 Å². The molecule has 2 heterocycles. The second kappa shape index (κ2) is 4.18. The summed E-state index contributed by atoms with van der Waals surface area (Å²) < 4.78 is 7.55. The molecule has 1 atom stereocenters. The standard InChI is InChI=1S/C9H11BrN4O/c1-14-4-2-7(13-14)8(12-11)6-3-5-15-9(6)10/h2-5,8,12H,11H2,1H3. The summed E-state index contributed by atoms with van der Waals surface area (Å²) in [7, 11) is 1.86. The SMILES string of the molecule is Cn1ccc(C(NN)c2ccoc2Br)n1. The van der Waals surface area contributed by atoms with Crippen molar-refractivity contribution in [2.24, 2.45) is 12.9 Å². The Bertz CT molecular complexity index is 450. The van der Waals surface area contributed by atoms with E-state index in [1.807, 2.05) is 25.4 Å². The molecular weight excluding hydrogens is 260 g/mol. The first-order chi connectivity index (χ1) is 7.22. The van der Waals surface area contributed by atoms with Gasteiger partial charge in [0.1, 0.15) is 0 Å². The van der Waals surface area contributed by atoms with Crippen LogP contribution in [-0.2, 0) is 7.05 Å². The van der Waals surface area contributed by atoms with E-state index in [0.717, 1.165) is 11.3 Å². The lowest BCUT2D eigenvalue weighted by atomic mass is 10.1. The Morgan fingerprint density at radius 1 is 1.60 bits per heavy atom. The largest absolute Gasteiger partial charge is 0.457 e. The van der Waals surface area contributed by atoms with Crippen molar-refractivity contribution in [3.63, 3.8) is 0 Å². The molecule has 0 amide bonds. The predicted octanol–water partition coefficient (Wildman–Crippen LogP) is 1.33. The van der Waals surface area contributed by atoms with E-state index in [0.29, 0.717) is 4.67 Å². The van der Waals surface area contributed by atoms with E-state index in [2.05, 4.69) is 26.5 Å². The first-order valence-electron chi connectivity index (χ1n) is 4.41. The number of rotatable bonds is 3. The molecule has 2 aromatic rings. The second-order valence-electron chi connectivity index (χ2n) is 3.16. The third-order valence-electron chi connectivity index (χ3n) is 2.15. The highest BCUT2D eigenvalue weighted by Gasteiger charge is 2.19. The molecule has 0 saturated carbocycles. The first-order valence-corrected chi connectivity index (χ1v) is 5.20. The monoisotopic (exact) mass is 270 g/mol. The van der Waals surface area contributed by atoms with E-state index >= 15 is 0 Å². The molecule has 1 unspecified atom stereocenters. The van der Waals surface area contributed by atoms with Crippen molar-refractivity contribution in [3.05, 3.63) is 40.5 Å². The van der Waals surface area contributed by atoms with Crippen LogP contribution < -0.4 is 11.3 Å². The summed E-state index contributed by atoms with van der Waals surface area (Å²) in [4.78, 5) is 0. The van der Waals surface area contributed by atoms with E-state index in [4.69, 9.17) is 10.3 Å². The van der Waals surface area contributed by atoms with Crippen LogP contribution in [0.4, 0.5) is 0 Å². The summed E-state index contributed by atoms with van der Waals surface area (Å²) in [6.07, 6.45) is 3.47. The highest BCUT2D eigenvalue weighted by molar-refractivity contribution is 9.10. The number of aryl methyl sites for hydroxylation is 1. The van der Waals surface area contributed by atoms with Crippen molar-refractivity contribution in [1.29, 1.82) is 0 Å². The van der Waals surface area contributed by atoms with Gasteiger partial charge in [-0.05, 0) is 28.1 Å². The van der Waals surface area contributed by atoms with E-state index in [9.17, 15) is 0 Å². The average molecular weight is 271 g/mol. The summed E-state index contributed by atoms with van der Waals surface area (Å²) in [5, 5.41) is 4.29. The van der Waals surface area contributed by atoms with Gasteiger partial charge in [0.25, 0.3) is 0 Å². The van der Waals surface area contributed by atoms with Crippen LogP contribution in [0.5, 0.6) is 0 Å². The molecule has 0 radical (unpaired) electrons. The quantitative estimate of drug-likeness (QED) is 0.652. The number of aromatic nitrogens is 2. The molecule has 0 aromatic carbocycles. The van der Waals surface area contributed by atoms with Crippen molar-refractivity contribution in [2.45, 2.75) is 6.04 Å². The molecule has 6 heteroatoms. The number of hydrogen-bond donors (Lipinski definition) is 2. The van der Waals surface area contributed by atoms with Crippen LogP contribution in [0.3, 0.4) is 0 Å². The highest BCUT2D eigenvalue weighted by Crippen LogP contribution is 2.27. The van der Waals surface area contributed by atoms with Gasteiger partial charge in [0.15, 0.2) is 4.67 Å². The number of nitrogens with one attached hydrogen (secondary N) is 1. The Morgan fingerprint density at radius 2 is 2.40 bits per heavy atom. The molecular formula is C9H11BrN4O. The molecule has 0 aliphatic rings. The van der Waals surface area contributed by atoms with Gasteiger partial charge < -0.3 is 4.42 Å². The molecule has 0 bridgehead atoms. The van der Waals surface area contributed by atoms with Crippen LogP contribution in [0.1, 0.15) is 17.3 Å². The van der Waals surface area contributed by atoms with Crippen molar-refractivity contribution >= 4 is 15.9 Å². The van der Waals surface area contributed by atoms with Gasteiger partial charge in [-0.1, -0.05) is 0 Å². The first kappa shape index (κ1) is 10.4. The maximum Gasteiger partial charge on any atom is 0.174 e. The maximum atomic E-state index is 5.51. The molecule has 2 aromatic heterocycles. The van der Waals surface area contributed by atoms with Gasteiger partial charge in [-0.25, -0.2) is 5.43 Å². The van der Waals surface area contributed by atoms with Gasteiger partial charge in [0.2, 0.25) is 0 Å². The minimum absolute atomic E-state index is 0.167. The van der Waals surface area contributed by atoms with Crippen molar-refractivity contribution < 1.29 is 4.42 Å². The molecule has 0 spiro atoms. The normalized spacial score (nSPS) is 13.0. The topological polar surface area (TPSA) is 69.0 Å². The third-order valence-corrected chi connectivity index (χ3v) is 2.80. The molecule has 0 fully saturated rings. The molecule has 0 saturated heterocycles. The minimum atomic E-state index is -0.167. The van der Waals surface area contributed by atoms with E-state index in [1.54, 1.807) is 10.9 Å². The number of hydrogen-bond acceptors (Lipinski definition) is 4. The average Bonchev–Trinajstić information content (AvgIpc) is 2.79. The van der Waals surface area contributed by atoms with Crippen LogP contribution in [0.2, 0.25) is 0 Å². The van der Waals surface area contributed by atoms with Gasteiger partial charge in [-0.3, -0.25) is 10.5 Å². The molecule has 0 aliphatic carbocycles. The zero-order valence-electron chi connectivity index (χ0n) is 8.14. The molecule has 2 rings (SSSR count). The molecule has 15 heavy (non-hydrogen) atoms. The van der Waals surface area contributed by atoms with Gasteiger partial charge in [0.05, 0.1) is 18.0 Å². The number of hydrazine groups is 1. The van der Waals surface area contributed by atoms with Crippen LogP contribution >= 0.6 is 15.9 Å². The molecule has 5 nitrogen and oxygen atoms in total. The summed E-state index contributed by atoms with van der Waals surface area (Å²) in [5.41, 5.74) is 4.49. The van der Waals surface area contributed by atoms with Crippen LogP contribution in [0.15, 0.2) is 33.7 Å². The van der Waals surface area contributed by atoms with Gasteiger partial charge >= 0.3 is 0 Å². The van der Waals surface area contributed by atoms with Gasteiger partial charge in [0, 0.05) is 18.8 Å². The molecule has 0 aliphatic heterocycles. The fraction of sp³-hybridized carbons (Fsp3) is 0.222. The maximum absolute atomic E-state index is 5.51. The van der Waals surface area contributed by atoms with Gasteiger partial charge in [-0.2, -0.15) is 5.10 Å². The Balaban J connectivity index is 2.36. The summed E-state index contributed by atoms with van der Waals surface area (Å²) in [6.45, 7) is 0. The molecule has 80 valence electrons. The molecule has 3 N–H and O–H groups in total. The van der Waals surface area contributed by atoms with E-state index in [1.165, 1.54) is 0 Å². The third kappa shape index (κ3) is 1.97. The lowest BCUT2D eigenvalue weighted by molar-refractivity contribution is 0.523. The number of nitrogens with two attached hydrogens (primary N) is 1. The van der Waals surface area contributed by atoms with Crippen molar-refractivity contribution in [2.75, 3.05) is 0 Å². The van der Waals surface area contributed by atoms with Crippen LogP contribution in [0.25, 0.3) is 0 Å². The summed E-state index contributed by atoms with van der Waals surface area (Å²) in [5.74, 6) is 5.51. The van der Waals surface area contributed by atoms with Gasteiger partial charge in [-0.15, -0.1) is 0 Å². The number of furan rings is 1. The lowest BCUT2D eigenvalue weighted by Crippen LogP contribution is -2.29. The zero-order chi connectivity index (χ0) is 10.8. The van der Waals surface area contributed by atoms with Crippen molar-refractivity contribution in [3.8, 4) is 0 Å². The lowest BCUT2D eigenvalue weighted by Gasteiger charge is -2.11. The van der Waals surface area contributed by atoms with Crippen molar-refractivity contribution in [1.82, 2.24) is 15.2 Å². The summed E-state index contributed by atoms with van der Waals surface area (Å²) in [6, 6.07) is 3.59. The Kier molecular flexibility index (Phi) is 2.90. The Hall–Kier alpha value is -1.11. The smallest absolute Gasteiger partial charge is 0.174 e. The van der Waals surface area contributed by atoms with Crippen LogP contribution in [-0.4, -0.2) is 9.78 Å². The summed E-state index contributed by atoms with van der Waals surface area (Å²) >= 11 is 3.31. The predicted molar refractivity (Wildman–Crippen MR) is 58.8 cm³/mol. The number of halogens is 1. The Morgan fingerprint density at radius 3 is 2.87 bits per heavy atom. The fourth-order valence-corrected chi connectivity index (χ4v) is 1.90. The van der Waals surface area contributed by atoms with Crippen LogP contribution in [0, 0.1) is 0 Å². The minimum Gasteiger partial charge on any atom is -0.457 e. The van der Waals surface area contributed by atoms with E-state index < -0.39 is 0 Å². The number of nitrogens with zero attached hydrogens (tertiary/aromatic N) is 2. The highest BCUT2D eigenvalue weighted by atomic mass is 79.9.